The van der Waals surface area contributed by atoms with Gasteiger partial charge in [-0.25, -0.2) is 0 Å². The average Bonchev–Trinajstić information content (AvgIpc) is 3.15. The molecule has 0 aromatic carbocycles. The van der Waals surface area contributed by atoms with Gasteiger partial charge < -0.3 is 39.4 Å². The summed E-state index contributed by atoms with van der Waals surface area (Å²) in [7, 11) is 0. The van der Waals surface area contributed by atoms with E-state index >= 15 is 0 Å². The largest absolute Gasteiger partial charge is 0.462 e. The first-order valence-electron chi connectivity index (χ1n) is 22.1. The maximum Gasteiger partial charge on any atom is 0.306 e. The lowest BCUT2D eigenvalue weighted by Gasteiger charge is -2.39. The van der Waals surface area contributed by atoms with E-state index in [0.717, 1.165) is 38.5 Å². The van der Waals surface area contributed by atoms with Gasteiger partial charge in [-0.2, -0.15) is 0 Å². The third kappa shape index (κ3) is 27.0. The minimum atomic E-state index is -1.59. The maximum absolute atomic E-state index is 12.7. The van der Waals surface area contributed by atoms with Crippen LogP contribution in [0, 0.1) is 0 Å². The molecule has 10 heteroatoms. The zero-order valence-corrected chi connectivity index (χ0v) is 34.0. The first-order chi connectivity index (χ1) is 25.8. The molecule has 0 aromatic rings. The van der Waals surface area contributed by atoms with Gasteiger partial charge in [0.2, 0.25) is 0 Å². The van der Waals surface area contributed by atoms with Crippen molar-refractivity contribution in [1.29, 1.82) is 0 Å². The molecule has 0 radical (unpaired) electrons. The average molecular weight is 759 g/mol. The molecule has 0 amide bonds. The maximum atomic E-state index is 12.7. The van der Waals surface area contributed by atoms with E-state index in [1.165, 1.54) is 135 Å². The zero-order valence-electron chi connectivity index (χ0n) is 34.0. The van der Waals surface area contributed by atoms with Crippen molar-refractivity contribution in [2.45, 2.75) is 243 Å². The van der Waals surface area contributed by atoms with Crippen LogP contribution in [0.3, 0.4) is 0 Å². The standard InChI is InChI=1S/C43H82O10/c1-3-5-7-9-11-13-15-17-18-20-22-24-26-28-30-32-39(46)52-36(35-51-43-42(49)41(48)40(47)37(33-44)53-43)34-50-38(45)31-29-27-25-23-21-19-16-14-12-10-8-6-4-2/h36-37,40-44,47-49H,3-35H2,1-2H3/t36-,37-,40+,41?,42?,43-/m1/s1. The highest BCUT2D eigenvalue weighted by Crippen LogP contribution is 2.23. The highest BCUT2D eigenvalue weighted by Gasteiger charge is 2.44. The highest BCUT2D eigenvalue weighted by atomic mass is 16.7. The monoisotopic (exact) mass is 759 g/mol. The highest BCUT2D eigenvalue weighted by molar-refractivity contribution is 5.70. The van der Waals surface area contributed by atoms with Gasteiger partial charge in [0.1, 0.15) is 31.0 Å². The van der Waals surface area contributed by atoms with Crippen molar-refractivity contribution in [2.24, 2.45) is 0 Å². The Kier molecular flexibility index (Phi) is 33.0. The molecule has 53 heavy (non-hydrogen) atoms. The summed E-state index contributed by atoms with van der Waals surface area (Å²) in [5.74, 6) is -0.793. The third-order valence-electron chi connectivity index (χ3n) is 10.5. The molecule has 4 N–H and O–H groups in total. The fourth-order valence-electron chi connectivity index (χ4n) is 6.95. The Morgan fingerprint density at radius 1 is 0.509 bits per heavy atom. The number of unbranched alkanes of at least 4 members (excludes halogenated alkanes) is 26. The third-order valence-corrected chi connectivity index (χ3v) is 10.5. The van der Waals surface area contributed by atoms with Crippen molar-refractivity contribution >= 4 is 11.9 Å². The number of aliphatic hydroxyl groups excluding tert-OH is 4. The molecular formula is C43H82O10. The van der Waals surface area contributed by atoms with Crippen molar-refractivity contribution in [2.75, 3.05) is 19.8 Å². The smallest absolute Gasteiger partial charge is 0.306 e. The summed E-state index contributed by atoms with van der Waals surface area (Å²) in [5.41, 5.74) is 0. The normalized spacial score (nSPS) is 20.8. The number of hydrogen-bond donors (Lipinski definition) is 4. The molecule has 1 aliphatic rings. The Morgan fingerprint density at radius 3 is 1.28 bits per heavy atom. The van der Waals surface area contributed by atoms with Gasteiger partial charge in [0.25, 0.3) is 0 Å². The number of hydrogen-bond acceptors (Lipinski definition) is 10. The Balaban J connectivity index is 2.32. The van der Waals surface area contributed by atoms with E-state index in [4.69, 9.17) is 18.9 Å². The lowest BCUT2D eigenvalue weighted by molar-refractivity contribution is -0.305. The predicted molar refractivity (Wildman–Crippen MR) is 210 cm³/mol. The van der Waals surface area contributed by atoms with Crippen LogP contribution in [0.4, 0.5) is 0 Å². The summed E-state index contributed by atoms with van der Waals surface area (Å²) in [5, 5.41) is 40.0. The van der Waals surface area contributed by atoms with Crippen molar-refractivity contribution in [3.05, 3.63) is 0 Å². The lowest BCUT2D eigenvalue weighted by atomic mass is 9.99. The molecule has 0 saturated carbocycles. The van der Waals surface area contributed by atoms with E-state index in [1.54, 1.807) is 0 Å². The Hall–Kier alpha value is -1.30. The number of aliphatic hydroxyl groups is 4. The molecule has 6 atom stereocenters. The van der Waals surface area contributed by atoms with Gasteiger partial charge in [-0.3, -0.25) is 9.59 Å². The van der Waals surface area contributed by atoms with Crippen LogP contribution in [0.5, 0.6) is 0 Å². The van der Waals surface area contributed by atoms with Crippen LogP contribution in [-0.2, 0) is 28.5 Å². The van der Waals surface area contributed by atoms with Crippen LogP contribution in [0.25, 0.3) is 0 Å². The summed E-state index contributed by atoms with van der Waals surface area (Å²) in [4.78, 5) is 25.3. The summed E-state index contributed by atoms with van der Waals surface area (Å²) in [6.07, 6.45) is 26.8. The molecule has 314 valence electrons. The van der Waals surface area contributed by atoms with E-state index < -0.39 is 49.4 Å². The van der Waals surface area contributed by atoms with Gasteiger partial charge in [0.05, 0.1) is 13.2 Å². The van der Waals surface area contributed by atoms with Crippen molar-refractivity contribution in [1.82, 2.24) is 0 Å². The molecule has 0 bridgehead atoms. The zero-order chi connectivity index (χ0) is 38.8. The summed E-state index contributed by atoms with van der Waals surface area (Å²) in [6.45, 7) is 3.44. The Morgan fingerprint density at radius 2 is 0.887 bits per heavy atom. The van der Waals surface area contributed by atoms with Gasteiger partial charge in [0, 0.05) is 12.8 Å². The summed E-state index contributed by atoms with van der Waals surface area (Å²) in [6, 6.07) is 0. The topological polar surface area (TPSA) is 152 Å². The minimum Gasteiger partial charge on any atom is -0.462 e. The minimum absolute atomic E-state index is 0.209. The van der Waals surface area contributed by atoms with Gasteiger partial charge in [-0.1, -0.05) is 181 Å². The van der Waals surface area contributed by atoms with Gasteiger partial charge in [-0.05, 0) is 12.8 Å². The molecule has 0 aromatic heterocycles. The molecule has 1 aliphatic heterocycles. The van der Waals surface area contributed by atoms with E-state index in [9.17, 15) is 30.0 Å². The number of ether oxygens (including phenoxy) is 4. The molecule has 2 unspecified atom stereocenters. The van der Waals surface area contributed by atoms with Crippen LogP contribution in [0.1, 0.15) is 206 Å². The van der Waals surface area contributed by atoms with Crippen LogP contribution < -0.4 is 0 Å². The van der Waals surface area contributed by atoms with Crippen LogP contribution in [0.15, 0.2) is 0 Å². The molecule has 1 saturated heterocycles. The number of esters is 2. The molecule has 10 nitrogen and oxygen atoms in total. The van der Waals surface area contributed by atoms with E-state index in [2.05, 4.69) is 13.8 Å². The van der Waals surface area contributed by atoms with Gasteiger partial charge in [0.15, 0.2) is 12.4 Å². The molecule has 1 rings (SSSR count). The molecule has 0 spiro atoms. The first kappa shape index (κ1) is 49.7. The Bertz CT molecular complexity index is 840. The number of rotatable bonds is 37. The Labute approximate surface area is 323 Å². The van der Waals surface area contributed by atoms with Crippen LogP contribution in [0.2, 0.25) is 0 Å². The first-order valence-corrected chi connectivity index (χ1v) is 22.1. The van der Waals surface area contributed by atoms with Crippen molar-refractivity contribution in [3.8, 4) is 0 Å². The van der Waals surface area contributed by atoms with Gasteiger partial charge in [-0.15, -0.1) is 0 Å². The molecule has 1 fully saturated rings. The summed E-state index contributed by atoms with van der Waals surface area (Å²) < 4.78 is 22.1. The van der Waals surface area contributed by atoms with Crippen molar-refractivity contribution in [3.63, 3.8) is 0 Å². The fraction of sp³-hybridized carbons (Fsp3) is 0.953. The second kappa shape index (κ2) is 35.1. The molecule has 1 heterocycles. The van der Waals surface area contributed by atoms with Gasteiger partial charge >= 0.3 is 11.9 Å². The molecular weight excluding hydrogens is 676 g/mol. The van der Waals surface area contributed by atoms with E-state index in [1.807, 2.05) is 0 Å². The van der Waals surface area contributed by atoms with Crippen LogP contribution >= 0.6 is 0 Å². The summed E-state index contributed by atoms with van der Waals surface area (Å²) >= 11 is 0. The van der Waals surface area contributed by atoms with E-state index in [0.29, 0.717) is 6.42 Å². The quantitative estimate of drug-likeness (QED) is 0.0357. The predicted octanol–water partition coefficient (Wildman–Crippen LogP) is 9.00. The van der Waals surface area contributed by atoms with Crippen molar-refractivity contribution < 1.29 is 49.0 Å². The number of carbonyl (C=O) groups is 2. The number of carbonyl (C=O) groups excluding carboxylic acids is 2. The molecule has 0 aliphatic carbocycles. The SMILES string of the molecule is CCCCCCCCCCCCCCCCCC(=O)O[C@H](COC(=O)CCCCCCCCCCCCCCC)CO[C@@H]1O[C@H](CO)[C@H](O)C(O)C1O. The lowest BCUT2D eigenvalue weighted by Crippen LogP contribution is -2.59. The van der Waals surface area contributed by atoms with E-state index in [-0.39, 0.29) is 32.0 Å². The second-order valence-electron chi connectivity index (χ2n) is 15.5. The second-order valence-corrected chi connectivity index (χ2v) is 15.5. The fourth-order valence-corrected chi connectivity index (χ4v) is 6.95. The van der Waals surface area contributed by atoms with Crippen LogP contribution in [-0.4, -0.2) is 89.0 Å².